The molecule has 0 saturated carbocycles. The van der Waals surface area contributed by atoms with Crippen molar-refractivity contribution in [2.24, 2.45) is 5.92 Å². The summed E-state index contributed by atoms with van der Waals surface area (Å²) >= 11 is 0. The lowest BCUT2D eigenvalue weighted by Gasteiger charge is -2.25. The van der Waals surface area contributed by atoms with Gasteiger partial charge in [-0.15, -0.1) is 0 Å². The highest BCUT2D eigenvalue weighted by atomic mass is 16.5. The molecule has 30 heavy (non-hydrogen) atoms. The fraction of sp³-hybridized carbons (Fsp3) is 0.429. The zero-order valence-corrected chi connectivity index (χ0v) is 17.5. The second kappa shape index (κ2) is 10.3. The Morgan fingerprint density at radius 3 is 2.67 bits per heavy atom. The van der Waals surface area contributed by atoms with Gasteiger partial charge in [0.1, 0.15) is 17.6 Å². The molecule has 0 spiro atoms. The van der Waals surface area contributed by atoms with Gasteiger partial charge in [-0.3, -0.25) is 19.1 Å². The Kier molecular flexibility index (Phi) is 7.81. The molecular weight excluding hydrogens is 386 g/mol. The number of benzene rings is 1. The first-order chi connectivity index (χ1) is 14.3. The van der Waals surface area contributed by atoms with Crippen LogP contribution in [0.25, 0.3) is 0 Å². The Morgan fingerprint density at radius 2 is 2.03 bits per heavy atom. The molecule has 1 amide bonds. The van der Waals surface area contributed by atoms with Crippen molar-refractivity contribution in [3.8, 4) is 11.8 Å². The van der Waals surface area contributed by atoms with E-state index in [4.69, 9.17) is 15.7 Å². The molecule has 2 aromatic rings. The zero-order valence-electron chi connectivity index (χ0n) is 17.5. The number of nitriles is 1. The normalized spacial score (nSPS) is 10.6. The van der Waals surface area contributed by atoms with Gasteiger partial charge in [0, 0.05) is 13.1 Å². The Labute approximate surface area is 174 Å². The fourth-order valence-electron chi connectivity index (χ4n) is 2.96. The molecule has 2 rings (SSSR count). The predicted octanol–water partition coefficient (Wildman–Crippen LogP) is 1.86. The molecule has 0 bridgehead atoms. The van der Waals surface area contributed by atoms with E-state index in [1.165, 1.54) is 9.47 Å². The van der Waals surface area contributed by atoms with E-state index in [2.05, 4.69) is 4.98 Å². The molecule has 9 heteroatoms. The molecule has 3 N–H and O–H groups in total. The van der Waals surface area contributed by atoms with Gasteiger partial charge in [0.05, 0.1) is 5.56 Å². The third-order valence-corrected chi connectivity index (χ3v) is 4.43. The summed E-state index contributed by atoms with van der Waals surface area (Å²) in [6.07, 6.45) is 1.41. The molecule has 9 nitrogen and oxygen atoms in total. The highest BCUT2D eigenvalue weighted by Gasteiger charge is 2.24. The summed E-state index contributed by atoms with van der Waals surface area (Å²) in [6.45, 7) is 5.94. The number of carbonyl (C=O) groups is 1. The van der Waals surface area contributed by atoms with Gasteiger partial charge in [0.2, 0.25) is 0 Å². The maximum absolute atomic E-state index is 13.0. The Balaban J connectivity index is 2.40. The third-order valence-electron chi connectivity index (χ3n) is 4.43. The average molecular weight is 413 g/mol. The molecule has 1 aromatic heterocycles. The van der Waals surface area contributed by atoms with Crippen molar-refractivity contribution in [3.63, 3.8) is 0 Å². The maximum atomic E-state index is 13.0. The minimum atomic E-state index is -0.723. The van der Waals surface area contributed by atoms with Gasteiger partial charge in [0.25, 0.3) is 11.5 Å². The molecule has 0 aliphatic heterocycles. The highest BCUT2D eigenvalue weighted by Crippen LogP contribution is 2.20. The van der Waals surface area contributed by atoms with Crippen molar-refractivity contribution in [1.29, 1.82) is 5.26 Å². The Bertz CT molecular complexity index is 1050. The standard InChI is InChI=1S/C21H27N5O4/c1-4-5-10-25(17(27)13-30-16-9-7-6-8-15(16)11-22)18-19(23)26(12-14(2)3)21(29)24-20(18)28/h6-9,14H,4-5,10,12-13,23H2,1-3H3,(H,24,28,29). The maximum Gasteiger partial charge on any atom is 0.330 e. The van der Waals surface area contributed by atoms with Crippen LogP contribution < -0.4 is 26.6 Å². The van der Waals surface area contributed by atoms with Crippen LogP contribution in [-0.4, -0.2) is 28.6 Å². The molecule has 0 saturated heterocycles. The number of H-pyrrole nitrogens is 1. The number of aromatic nitrogens is 2. The molecule has 0 fully saturated rings. The average Bonchev–Trinajstić information content (AvgIpc) is 2.71. The number of aromatic amines is 1. The first-order valence-electron chi connectivity index (χ1n) is 9.85. The first kappa shape index (κ1) is 22.7. The topological polar surface area (TPSA) is 134 Å². The number of unbranched alkanes of at least 4 members (excludes halogenated alkanes) is 1. The smallest absolute Gasteiger partial charge is 0.330 e. The molecule has 0 aliphatic carbocycles. The van der Waals surface area contributed by atoms with Crippen LogP contribution in [0.4, 0.5) is 11.5 Å². The Hall–Kier alpha value is -3.54. The molecular formula is C21H27N5O4. The lowest BCUT2D eigenvalue weighted by molar-refractivity contribution is -0.120. The number of ether oxygens (including phenoxy) is 1. The van der Waals surface area contributed by atoms with Gasteiger partial charge in [-0.2, -0.15) is 5.26 Å². The number of carbonyl (C=O) groups excluding carboxylic acids is 1. The van der Waals surface area contributed by atoms with Crippen molar-refractivity contribution in [3.05, 3.63) is 50.7 Å². The van der Waals surface area contributed by atoms with Crippen LogP contribution in [0.3, 0.4) is 0 Å². The number of hydrogen-bond donors (Lipinski definition) is 2. The monoisotopic (exact) mass is 413 g/mol. The van der Waals surface area contributed by atoms with Crippen LogP contribution >= 0.6 is 0 Å². The number of rotatable bonds is 9. The van der Waals surface area contributed by atoms with Crippen molar-refractivity contribution in [2.75, 3.05) is 23.8 Å². The summed E-state index contributed by atoms with van der Waals surface area (Å²) in [7, 11) is 0. The number of hydrogen-bond acceptors (Lipinski definition) is 6. The number of nitrogens with zero attached hydrogens (tertiary/aromatic N) is 3. The molecule has 1 heterocycles. The van der Waals surface area contributed by atoms with E-state index in [9.17, 15) is 14.4 Å². The fourth-order valence-corrected chi connectivity index (χ4v) is 2.96. The number of amides is 1. The largest absolute Gasteiger partial charge is 0.482 e. The first-order valence-corrected chi connectivity index (χ1v) is 9.85. The molecule has 0 radical (unpaired) electrons. The summed E-state index contributed by atoms with van der Waals surface area (Å²) in [5.74, 6) is -0.174. The van der Waals surface area contributed by atoms with E-state index in [0.29, 0.717) is 18.5 Å². The number of para-hydroxylation sites is 1. The molecule has 0 atom stereocenters. The third kappa shape index (κ3) is 5.29. The van der Waals surface area contributed by atoms with Crippen LogP contribution in [0, 0.1) is 17.2 Å². The summed E-state index contributed by atoms with van der Waals surface area (Å²) in [5, 5.41) is 9.17. The van der Waals surface area contributed by atoms with Gasteiger partial charge in [-0.1, -0.05) is 39.3 Å². The van der Waals surface area contributed by atoms with Gasteiger partial charge in [-0.05, 0) is 24.5 Å². The van der Waals surface area contributed by atoms with Crippen LogP contribution in [0.1, 0.15) is 39.2 Å². The zero-order chi connectivity index (χ0) is 22.3. The summed E-state index contributed by atoms with van der Waals surface area (Å²) in [4.78, 5) is 41.2. The van der Waals surface area contributed by atoms with E-state index < -0.39 is 17.2 Å². The van der Waals surface area contributed by atoms with Crippen LogP contribution in [0.15, 0.2) is 33.9 Å². The second-order valence-electron chi connectivity index (χ2n) is 7.29. The minimum Gasteiger partial charge on any atom is -0.482 e. The quantitative estimate of drug-likeness (QED) is 0.644. The van der Waals surface area contributed by atoms with Gasteiger partial charge in [-0.25, -0.2) is 4.79 Å². The van der Waals surface area contributed by atoms with E-state index in [1.807, 2.05) is 26.8 Å². The number of nitrogens with one attached hydrogen (secondary N) is 1. The van der Waals surface area contributed by atoms with Crippen molar-refractivity contribution in [1.82, 2.24) is 9.55 Å². The van der Waals surface area contributed by atoms with Crippen LogP contribution in [-0.2, 0) is 11.3 Å². The number of nitrogen functional groups attached to an aromatic ring is 1. The van der Waals surface area contributed by atoms with Crippen LogP contribution in [0.2, 0.25) is 0 Å². The van der Waals surface area contributed by atoms with Gasteiger partial charge < -0.3 is 15.4 Å². The minimum absolute atomic E-state index is 0.0562. The van der Waals surface area contributed by atoms with E-state index in [-0.39, 0.29) is 36.3 Å². The highest BCUT2D eigenvalue weighted by molar-refractivity contribution is 5.96. The van der Waals surface area contributed by atoms with Crippen LogP contribution in [0.5, 0.6) is 5.75 Å². The van der Waals surface area contributed by atoms with Crippen molar-refractivity contribution >= 4 is 17.4 Å². The van der Waals surface area contributed by atoms with Crippen molar-refractivity contribution < 1.29 is 9.53 Å². The second-order valence-corrected chi connectivity index (χ2v) is 7.29. The summed E-state index contributed by atoms with van der Waals surface area (Å²) < 4.78 is 6.80. The van der Waals surface area contributed by atoms with E-state index >= 15 is 0 Å². The molecule has 0 unspecified atom stereocenters. The van der Waals surface area contributed by atoms with E-state index in [0.717, 1.165) is 6.42 Å². The molecule has 160 valence electrons. The summed E-state index contributed by atoms with van der Waals surface area (Å²) in [6, 6.07) is 8.56. The lowest BCUT2D eigenvalue weighted by Crippen LogP contribution is -2.43. The van der Waals surface area contributed by atoms with Gasteiger partial charge >= 0.3 is 5.69 Å². The number of nitrogens with two attached hydrogens (primary N) is 1. The van der Waals surface area contributed by atoms with Gasteiger partial charge in [0.15, 0.2) is 12.3 Å². The predicted molar refractivity (Wildman–Crippen MR) is 114 cm³/mol. The summed E-state index contributed by atoms with van der Waals surface area (Å²) in [5.41, 5.74) is 5.06. The SMILES string of the molecule is CCCCN(C(=O)COc1ccccc1C#N)c1c(N)n(CC(C)C)c(=O)[nH]c1=O. The molecule has 1 aromatic carbocycles. The van der Waals surface area contributed by atoms with E-state index in [1.54, 1.807) is 24.3 Å². The number of anilines is 2. The molecule has 0 aliphatic rings. The lowest BCUT2D eigenvalue weighted by atomic mass is 10.2. The Morgan fingerprint density at radius 1 is 1.33 bits per heavy atom. The van der Waals surface area contributed by atoms with Crippen molar-refractivity contribution in [2.45, 2.75) is 40.2 Å².